The van der Waals surface area contributed by atoms with Crippen LogP contribution in [0.5, 0.6) is 0 Å². The largest absolute Gasteiger partial charge is 0.142 e. The highest BCUT2D eigenvalue weighted by atomic mass is 127. The number of unbranched alkanes of at least 4 members (excludes halogenated alkanes) is 7. The Kier molecular flexibility index (Phi) is 9.85. The fraction of sp³-hybridized carbons (Fsp3) is 0.625. The highest BCUT2D eigenvalue weighted by Gasteiger charge is 2.07. The molecule has 0 bridgehead atoms. The first kappa shape index (κ1) is 17.8. The van der Waals surface area contributed by atoms with Gasteiger partial charge in [0.1, 0.15) is 0 Å². The van der Waals surface area contributed by atoms with Crippen LogP contribution in [0.15, 0.2) is 21.5 Å². The molecule has 0 saturated heterocycles. The molecule has 0 nitrogen and oxygen atoms in total. The molecule has 0 unspecified atom stereocenters. The van der Waals surface area contributed by atoms with Gasteiger partial charge in [0.15, 0.2) is 0 Å². The summed E-state index contributed by atoms with van der Waals surface area (Å²) >= 11 is 10.6. The fourth-order valence-electron chi connectivity index (χ4n) is 2.25. The van der Waals surface area contributed by atoms with Gasteiger partial charge in [-0.25, -0.2) is 0 Å². The molecule has 0 saturated carbocycles. The van der Waals surface area contributed by atoms with E-state index in [1.165, 1.54) is 71.4 Å². The standard InChI is InChI=1S/C16H24BrIS/c1-2-3-4-5-6-7-8-9-10-13-14(17)11-12-15(19)16(13)18/h11-12,19H,2-10H2,1H3. The molecule has 0 spiro atoms. The minimum absolute atomic E-state index is 1.10. The predicted molar refractivity (Wildman–Crippen MR) is 100 cm³/mol. The monoisotopic (exact) mass is 454 g/mol. The van der Waals surface area contributed by atoms with E-state index in [1.54, 1.807) is 0 Å². The van der Waals surface area contributed by atoms with E-state index in [-0.39, 0.29) is 0 Å². The topological polar surface area (TPSA) is 0 Å². The summed E-state index contributed by atoms with van der Waals surface area (Å²) in [5.41, 5.74) is 1.43. The Morgan fingerprint density at radius 3 is 2.21 bits per heavy atom. The Bertz CT molecular complexity index is 379. The van der Waals surface area contributed by atoms with Crippen LogP contribution in [0.3, 0.4) is 0 Å². The summed E-state index contributed by atoms with van der Waals surface area (Å²) in [6.07, 6.45) is 12.2. The lowest BCUT2D eigenvalue weighted by molar-refractivity contribution is 0.575. The van der Waals surface area contributed by atoms with Crippen LogP contribution in [-0.4, -0.2) is 0 Å². The van der Waals surface area contributed by atoms with Crippen molar-refractivity contribution in [1.29, 1.82) is 0 Å². The number of hydrogen-bond acceptors (Lipinski definition) is 1. The van der Waals surface area contributed by atoms with Gasteiger partial charge in [-0.05, 0) is 53.1 Å². The molecule has 0 radical (unpaired) electrons. The van der Waals surface area contributed by atoms with Crippen LogP contribution in [0.25, 0.3) is 0 Å². The normalized spacial score (nSPS) is 10.9. The lowest BCUT2D eigenvalue weighted by atomic mass is 10.0. The maximum atomic E-state index is 4.50. The van der Waals surface area contributed by atoms with E-state index in [4.69, 9.17) is 0 Å². The van der Waals surface area contributed by atoms with Gasteiger partial charge in [-0.1, -0.05) is 67.8 Å². The maximum absolute atomic E-state index is 4.50. The molecular weight excluding hydrogens is 431 g/mol. The van der Waals surface area contributed by atoms with Crippen molar-refractivity contribution in [1.82, 2.24) is 0 Å². The van der Waals surface area contributed by atoms with Gasteiger partial charge < -0.3 is 0 Å². The predicted octanol–water partition coefficient (Wildman–Crippen LogP) is 7.03. The smallest absolute Gasteiger partial charge is 0.0306 e. The van der Waals surface area contributed by atoms with Crippen LogP contribution in [0.4, 0.5) is 0 Å². The third kappa shape index (κ3) is 6.85. The molecule has 0 aromatic heterocycles. The summed E-state index contributed by atoms with van der Waals surface area (Å²) in [5, 5.41) is 0. The summed E-state index contributed by atoms with van der Waals surface area (Å²) in [5.74, 6) is 0. The van der Waals surface area contributed by atoms with Crippen molar-refractivity contribution in [3.8, 4) is 0 Å². The summed E-state index contributed by atoms with van der Waals surface area (Å²) in [7, 11) is 0. The summed E-state index contributed by atoms with van der Waals surface area (Å²) in [6, 6.07) is 4.18. The lowest BCUT2D eigenvalue weighted by Crippen LogP contribution is -1.93. The zero-order chi connectivity index (χ0) is 14.1. The van der Waals surface area contributed by atoms with Gasteiger partial charge in [0.25, 0.3) is 0 Å². The molecule has 3 heteroatoms. The summed E-state index contributed by atoms with van der Waals surface area (Å²) < 4.78 is 2.54. The highest BCUT2D eigenvalue weighted by Crippen LogP contribution is 2.29. The second-order valence-corrected chi connectivity index (χ2v) is 7.50. The highest BCUT2D eigenvalue weighted by molar-refractivity contribution is 14.1. The van der Waals surface area contributed by atoms with Crippen LogP contribution in [0.1, 0.15) is 63.9 Å². The molecule has 0 atom stereocenters. The van der Waals surface area contributed by atoms with Crippen molar-refractivity contribution in [2.24, 2.45) is 0 Å². The molecule has 108 valence electrons. The molecule has 0 amide bonds. The van der Waals surface area contributed by atoms with Gasteiger partial charge in [-0.3, -0.25) is 0 Å². The van der Waals surface area contributed by atoms with Crippen molar-refractivity contribution < 1.29 is 0 Å². The van der Waals surface area contributed by atoms with Crippen molar-refractivity contribution in [3.63, 3.8) is 0 Å². The molecule has 0 N–H and O–H groups in total. The van der Waals surface area contributed by atoms with Gasteiger partial charge in [-0.2, -0.15) is 0 Å². The second kappa shape index (κ2) is 10.5. The zero-order valence-corrected chi connectivity index (χ0v) is 16.4. The first-order chi connectivity index (χ1) is 9.16. The Morgan fingerprint density at radius 2 is 1.58 bits per heavy atom. The molecule has 0 aliphatic rings. The minimum Gasteiger partial charge on any atom is -0.142 e. The first-order valence-corrected chi connectivity index (χ1v) is 9.64. The minimum atomic E-state index is 1.10. The van der Waals surface area contributed by atoms with Crippen molar-refractivity contribution in [2.75, 3.05) is 0 Å². The van der Waals surface area contributed by atoms with E-state index < -0.39 is 0 Å². The van der Waals surface area contributed by atoms with Gasteiger partial charge in [0.05, 0.1) is 0 Å². The van der Waals surface area contributed by atoms with Crippen molar-refractivity contribution >= 4 is 51.1 Å². The van der Waals surface area contributed by atoms with E-state index in [0.717, 1.165) is 4.90 Å². The zero-order valence-electron chi connectivity index (χ0n) is 11.7. The van der Waals surface area contributed by atoms with Gasteiger partial charge in [-0.15, -0.1) is 12.6 Å². The van der Waals surface area contributed by atoms with Gasteiger partial charge >= 0.3 is 0 Å². The average Bonchev–Trinajstić information content (AvgIpc) is 2.40. The molecule has 0 heterocycles. The SMILES string of the molecule is CCCCCCCCCCc1c(Br)ccc(S)c1I. The third-order valence-corrected chi connectivity index (χ3v) is 6.22. The molecule has 1 aromatic rings. The summed E-state index contributed by atoms with van der Waals surface area (Å²) in [4.78, 5) is 1.10. The van der Waals surface area contributed by atoms with Crippen molar-refractivity contribution in [3.05, 3.63) is 25.7 Å². The maximum Gasteiger partial charge on any atom is 0.0306 e. The van der Waals surface area contributed by atoms with Crippen LogP contribution in [0, 0.1) is 3.57 Å². The Morgan fingerprint density at radius 1 is 1.00 bits per heavy atom. The number of thiol groups is 1. The quantitative estimate of drug-likeness (QED) is 0.231. The molecule has 19 heavy (non-hydrogen) atoms. The van der Waals surface area contributed by atoms with E-state index in [0.29, 0.717) is 0 Å². The Labute approximate surface area is 145 Å². The van der Waals surface area contributed by atoms with Gasteiger partial charge in [0.2, 0.25) is 0 Å². The molecule has 1 aromatic carbocycles. The van der Waals surface area contributed by atoms with Crippen LogP contribution >= 0.6 is 51.1 Å². The van der Waals surface area contributed by atoms with E-state index in [1.807, 2.05) is 0 Å². The molecule has 1 rings (SSSR count). The van der Waals surface area contributed by atoms with E-state index in [9.17, 15) is 0 Å². The van der Waals surface area contributed by atoms with Crippen molar-refractivity contribution in [2.45, 2.75) is 69.6 Å². The number of hydrogen-bond donors (Lipinski definition) is 1. The first-order valence-electron chi connectivity index (χ1n) is 7.32. The number of halogens is 2. The van der Waals surface area contributed by atoms with Crippen LogP contribution < -0.4 is 0 Å². The van der Waals surface area contributed by atoms with Gasteiger partial charge in [0, 0.05) is 12.9 Å². The molecular formula is C16H24BrIS. The van der Waals surface area contributed by atoms with Crippen LogP contribution in [-0.2, 0) is 6.42 Å². The number of rotatable bonds is 9. The third-order valence-electron chi connectivity index (χ3n) is 3.45. The number of benzene rings is 1. The second-order valence-electron chi connectivity index (χ2n) is 5.08. The Balaban J connectivity index is 2.21. The average molecular weight is 455 g/mol. The van der Waals surface area contributed by atoms with E-state index in [2.05, 4.69) is 70.2 Å². The molecule has 0 aliphatic carbocycles. The van der Waals surface area contributed by atoms with E-state index >= 15 is 0 Å². The molecule has 0 fully saturated rings. The van der Waals surface area contributed by atoms with Crippen LogP contribution in [0.2, 0.25) is 0 Å². The molecule has 0 aliphatic heterocycles. The fourth-order valence-corrected chi connectivity index (χ4v) is 4.10. The lowest BCUT2D eigenvalue weighted by Gasteiger charge is -2.09. The Hall–Kier alpha value is 0.780. The summed E-state index contributed by atoms with van der Waals surface area (Å²) in [6.45, 7) is 2.27.